The zero-order chi connectivity index (χ0) is 12.3. The molecule has 1 fully saturated rings. The van der Waals surface area contributed by atoms with E-state index in [2.05, 4.69) is 19.0 Å². The Hall–Kier alpha value is -1.21. The lowest BCUT2D eigenvalue weighted by molar-refractivity contribution is -0.898. The standard InChI is InChI=1S/C9H20NO.C2N3/c1-3-11-9-8-10(2)6-4-5-7-10;3-1-5-2-4/h3-9H2,1-2H3;/q+1;-1. The molecule has 0 aromatic heterocycles. The fourth-order valence-corrected chi connectivity index (χ4v) is 1.77. The number of quaternary nitrogens is 1. The molecule has 0 unspecified atom stereocenters. The summed E-state index contributed by atoms with van der Waals surface area (Å²) in [5.41, 5.74) is 0. The van der Waals surface area contributed by atoms with Gasteiger partial charge in [0.25, 0.3) is 0 Å². The molecule has 1 saturated heterocycles. The quantitative estimate of drug-likeness (QED) is 0.314. The Morgan fingerprint density at radius 3 is 2.44 bits per heavy atom. The van der Waals surface area contributed by atoms with Gasteiger partial charge in [0.2, 0.25) is 0 Å². The van der Waals surface area contributed by atoms with Crippen LogP contribution in [0.5, 0.6) is 0 Å². The minimum absolute atomic E-state index is 0.861. The molecule has 1 aliphatic rings. The third-order valence-electron chi connectivity index (χ3n) is 2.73. The molecule has 1 aliphatic heterocycles. The van der Waals surface area contributed by atoms with Crippen molar-refractivity contribution in [2.75, 3.05) is 39.9 Å². The Morgan fingerprint density at radius 2 is 2.06 bits per heavy atom. The molecule has 90 valence electrons. The molecule has 0 aromatic carbocycles. The van der Waals surface area contributed by atoms with Gasteiger partial charge in [-0.15, -0.1) is 6.01 Å². The molecule has 1 rings (SSSR count). The zero-order valence-electron chi connectivity index (χ0n) is 10.1. The molecule has 5 heteroatoms. The smallest absolute Gasteiger partial charge is 0.102 e. The molecule has 0 aromatic rings. The first-order valence-corrected chi connectivity index (χ1v) is 5.57. The third-order valence-corrected chi connectivity index (χ3v) is 2.73. The van der Waals surface area contributed by atoms with Gasteiger partial charge in [0.15, 0.2) is 0 Å². The fourth-order valence-electron chi connectivity index (χ4n) is 1.77. The molecule has 0 amide bonds. The number of rotatable bonds is 4. The van der Waals surface area contributed by atoms with E-state index in [9.17, 15) is 0 Å². The largest absolute Gasteiger partial charge is 0.422 e. The van der Waals surface area contributed by atoms with Gasteiger partial charge < -0.3 is 19.6 Å². The van der Waals surface area contributed by atoms with Gasteiger partial charge in [0.05, 0.1) is 32.9 Å². The van der Waals surface area contributed by atoms with Crippen molar-refractivity contribution in [3.8, 4) is 6.19 Å². The van der Waals surface area contributed by atoms with Crippen LogP contribution >= 0.6 is 0 Å². The lowest BCUT2D eigenvalue weighted by atomic mass is 10.4. The van der Waals surface area contributed by atoms with Crippen LogP contribution in [0.1, 0.15) is 19.8 Å². The molecule has 0 aliphatic carbocycles. The van der Waals surface area contributed by atoms with Crippen LogP contribution in [-0.2, 0) is 4.74 Å². The van der Waals surface area contributed by atoms with Gasteiger partial charge in [0, 0.05) is 19.4 Å². The van der Waals surface area contributed by atoms with Crippen molar-refractivity contribution >= 4 is 6.01 Å². The van der Waals surface area contributed by atoms with Crippen molar-refractivity contribution in [3.05, 3.63) is 5.41 Å². The van der Waals surface area contributed by atoms with E-state index in [-0.39, 0.29) is 0 Å². The summed E-state index contributed by atoms with van der Waals surface area (Å²) < 4.78 is 6.58. The van der Waals surface area contributed by atoms with Crippen LogP contribution in [0.3, 0.4) is 0 Å². The second-order valence-corrected chi connectivity index (χ2v) is 4.01. The lowest BCUT2D eigenvalue weighted by Gasteiger charge is -2.28. The molecule has 0 N–H and O–H groups in total. The predicted octanol–water partition coefficient (Wildman–Crippen LogP) is 1.47. The first-order chi connectivity index (χ1) is 7.68. The summed E-state index contributed by atoms with van der Waals surface area (Å²) in [5, 5.41) is 14.9. The summed E-state index contributed by atoms with van der Waals surface area (Å²) in [6, 6.07) is 1.28. The van der Waals surface area contributed by atoms with Gasteiger partial charge in [0.1, 0.15) is 6.54 Å². The van der Waals surface area contributed by atoms with Crippen LogP contribution in [0.4, 0.5) is 0 Å². The first-order valence-electron chi connectivity index (χ1n) is 5.57. The highest BCUT2D eigenvalue weighted by molar-refractivity contribution is 5.46. The van der Waals surface area contributed by atoms with E-state index >= 15 is 0 Å². The number of ether oxygens (including phenoxy) is 1. The normalized spacial score (nSPS) is 16.6. The number of aliphatic imine (C=N–C) groups is 1. The molecule has 0 radical (unpaired) electrons. The topological polar surface area (TPSA) is 67.7 Å². The van der Waals surface area contributed by atoms with Gasteiger partial charge in [-0.3, -0.25) is 0 Å². The Morgan fingerprint density at radius 1 is 1.44 bits per heavy atom. The molecule has 1 heterocycles. The van der Waals surface area contributed by atoms with Crippen molar-refractivity contribution < 1.29 is 9.22 Å². The SMILES string of the molecule is CCOCC[N+]1(C)CCCC1.N#CN=C=[N-]. The number of nitriles is 1. The summed E-state index contributed by atoms with van der Waals surface area (Å²) in [6.45, 7) is 7.77. The summed E-state index contributed by atoms with van der Waals surface area (Å²) in [5.74, 6) is 0. The van der Waals surface area contributed by atoms with E-state index in [1.54, 1.807) is 0 Å². The van der Waals surface area contributed by atoms with E-state index in [0.717, 1.165) is 13.2 Å². The average Bonchev–Trinajstić information content (AvgIpc) is 2.68. The second-order valence-electron chi connectivity index (χ2n) is 4.01. The van der Waals surface area contributed by atoms with Crippen molar-refractivity contribution in [3.63, 3.8) is 0 Å². The van der Waals surface area contributed by atoms with Crippen LogP contribution in [-0.4, -0.2) is 50.4 Å². The summed E-state index contributed by atoms with van der Waals surface area (Å²) in [6.07, 6.45) is 4.09. The van der Waals surface area contributed by atoms with E-state index in [1.807, 2.05) is 0 Å². The minimum Gasteiger partial charge on any atom is -0.422 e. The van der Waals surface area contributed by atoms with Crippen LogP contribution in [0.25, 0.3) is 5.41 Å². The number of nitrogens with zero attached hydrogens (tertiary/aromatic N) is 4. The van der Waals surface area contributed by atoms with Crippen molar-refractivity contribution in [2.24, 2.45) is 4.99 Å². The fraction of sp³-hybridized carbons (Fsp3) is 0.818. The molecular weight excluding hydrogens is 204 g/mol. The van der Waals surface area contributed by atoms with Crippen LogP contribution in [0.15, 0.2) is 4.99 Å². The van der Waals surface area contributed by atoms with E-state index in [1.165, 1.54) is 49.2 Å². The molecular formula is C11H20N4O. The third kappa shape index (κ3) is 7.13. The van der Waals surface area contributed by atoms with Gasteiger partial charge in [-0.05, 0) is 6.92 Å². The monoisotopic (exact) mass is 224 g/mol. The maximum absolute atomic E-state index is 7.43. The molecule has 0 atom stereocenters. The Balaban J connectivity index is 0.000000385. The minimum atomic E-state index is 0.861. The Bertz CT molecular complexity index is 260. The van der Waals surface area contributed by atoms with Gasteiger partial charge in [-0.2, -0.15) is 5.26 Å². The average molecular weight is 224 g/mol. The lowest BCUT2D eigenvalue weighted by Crippen LogP contribution is -2.43. The van der Waals surface area contributed by atoms with Crippen molar-refractivity contribution in [1.82, 2.24) is 0 Å². The number of hydrogen-bond donors (Lipinski definition) is 0. The highest BCUT2D eigenvalue weighted by Gasteiger charge is 2.25. The number of hydrogen-bond acceptors (Lipinski definition) is 3. The first kappa shape index (κ1) is 14.8. The Kier molecular flexibility index (Phi) is 8.36. The maximum atomic E-state index is 7.43. The van der Waals surface area contributed by atoms with Crippen molar-refractivity contribution in [2.45, 2.75) is 19.8 Å². The van der Waals surface area contributed by atoms with Gasteiger partial charge in [-0.25, -0.2) is 0 Å². The summed E-state index contributed by atoms with van der Waals surface area (Å²) in [7, 11) is 2.34. The maximum Gasteiger partial charge on any atom is 0.102 e. The van der Waals surface area contributed by atoms with E-state index in [0.29, 0.717) is 0 Å². The zero-order valence-corrected chi connectivity index (χ0v) is 10.1. The van der Waals surface area contributed by atoms with Gasteiger partial charge >= 0.3 is 0 Å². The molecule has 5 nitrogen and oxygen atoms in total. The second kappa shape index (κ2) is 9.05. The van der Waals surface area contributed by atoms with Crippen molar-refractivity contribution in [1.29, 1.82) is 5.26 Å². The van der Waals surface area contributed by atoms with Crippen LogP contribution in [0.2, 0.25) is 0 Å². The Labute approximate surface area is 97.4 Å². The highest BCUT2D eigenvalue weighted by atomic mass is 16.5. The molecule has 16 heavy (non-hydrogen) atoms. The van der Waals surface area contributed by atoms with E-state index < -0.39 is 0 Å². The summed E-state index contributed by atoms with van der Waals surface area (Å²) >= 11 is 0. The summed E-state index contributed by atoms with van der Waals surface area (Å²) in [4.78, 5) is 2.58. The molecule has 0 saturated carbocycles. The number of likely N-dealkylation sites (N-methyl/N-ethyl adjacent to an activating group) is 1. The van der Waals surface area contributed by atoms with Crippen LogP contribution in [0, 0.1) is 11.5 Å². The van der Waals surface area contributed by atoms with Gasteiger partial charge in [-0.1, -0.05) is 0 Å². The predicted molar refractivity (Wildman–Crippen MR) is 62.9 cm³/mol. The molecule has 0 bridgehead atoms. The van der Waals surface area contributed by atoms with Crippen LogP contribution < -0.4 is 0 Å². The highest BCUT2D eigenvalue weighted by Crippen LogP contribution is 2.15. The molecule has 0 spiro atoms. The number of likely N-dealkylation sites (tertiary alicyclic amines) is 1. The van der Waals surface area contributed by atoms with E-state index in [4.69, 9.17) is 15.4 Å².